The van der Waals surface area contributed by atoms with Crippen LogP contribution in [0.2, 0.25) is 0 Å². The highest BCUT2D eigenvalue weighted by Gasteiger charge is 2.25. The van der Waals surface area contributed by atoms with Gasteiger partial charge in [-0.2, -0.15) is 0 Å². The van der Waals surface area contributed by atoms with Crippen LogP contribution in [0.1, 0.15) is 46.0 Å². The molecule has 2 aliphatic rings. The molecule has 0 amide bonds. The van der Waals surface area contributed by atoms with E-state index < -0.39 is 0 Å². The molecule has 0 spiro atoms. The molecule has 2 fully saturated rings. The van der Waals surface area contributed by atoms with E-state index in [2.05, 4.69) is 18.7 Å². The highest BCUT2D eigenvalue weighted by molar-refractivity contribution is 4.77. The van der Waals surface area contributed by atoms with Gasteiger partial charge in [0.05, 0.1) is 18.8 Å². The van der Waals surface area contributed by atoms with E-state index in [0.29, 0.717) is 12.0 Å². The summed E-state index contributed by atoms with van der Waals surface area (Å²) in [5, 5.41) is 9.86. The fourth-order valence-corrected chi connectivity index (χ4v) is 3.18. The summed E-state index contributed by atoms with van der Waals surface area (Å²) in [7, 11) is 0. The van der Waals surface area contributed by atoms with Gasteiger partial charge in [0.2, 0.25) is 0 Å². The van der Waals surface area contributed by atoms with Crippen LogP contribution >= 0.6 is 0 Å². The second-order valence-electron chi connectivity index (χ2n) is 6.30. The number of hydrogen-bond acceptors (Lipinski definition) is 3. The molecule has 3 nitrogen and oxygen atoms in total. The number of piperidine rings is 1. The average Bonchev–Trinajstić information content (AvgIpc) is 2.36. The van der Waals surface area contributed by atoms with Crippen molar-refractivity contribution in [2.45, 2.75) is 58.2 Å². The van der Waals surface area contributed by atoms with E-state index in [1.54, 1.807) is 0 Å². The van der Waals surface area contributed by atoms with Crippen molar-refractivity contribution < 1.29 is 9.84 Å². The highest BCUT2D eigenvalue weighted by Crippen LogP contribution is 2.26. The SMILES string of the molecule is CC1CCN(CCOC2CCCCC2C)CC1O. The predicted molar refractivity (Wildman–Crippen MR) is 73.6 cm³/mol. The Morgan fingerprint density at radius 3 is 2.61 bits per heavy atom. The Labute approximate surface area is 112 Å². The number of aliphatic hydroxyl groups excluding tert-OH is 1. The summed E-state index contributed by atoms with van der Waals surface area (Å²) in [6.45, 7) is 8.20. The predicted octanol–water partition coefficient (Wildman–Crippen LogP) is 2.28. The number of aliphatic hydroxyl groups is 1. The molecule has 1 saturated carbocycles. The van der Waals surface area contributed by atoms with Gasteiger partial charge in [-0.3, -0.25) is 4.90 Å². The Hall–Kier alpha value is -0.120. The summed E-state index contributed by atoms with van der Waals surface area (Å²) in [5.41, 5.74) is 0. The summed E-state index contributed by atoms with van der Waals surface area (Å²) in [5.74, 6) is 1.19. The van der Waals surface area contributed by atoms with Gasteiger partial charge in [-0.05, 0) is 37.6 Å². The molecule has 1 heterocycles. The fourth-order valence-electron chi connectivity index (χ4n) is 3.18. The molecule has 18 heavy (non-hydrogen) atoms. The standard InChI is InChI=1S/C15H29NO2/c1-12-7-8-16(11-14(12)17)9-10-18-15-6-4-3-5-13(15)2/h12-15,17H,3-11H2,1-2H3. The molecule has 4 unspecified atom stereocenters. The van der Waals surface area contributed by atoms with Gasteiger partial charge in [0.1, 0.15) is 0 Å². The van der Waals surface area contributed by atoms with E-state index >= 15 is 0 Å². The lowest BCUT2D eigenvalue weighted by molar-refractivity contribution is -0.0288. The second kappa shape index (κ2) is 6.88. The van der Waals surface area contributed by atoms with Gasteiger partial charge >= 0.3 is 0 Å². The summed E-state index contributed by atoms with van der Waals surface area (Å²) in [4.78, 5) is 2.35. The van der Waals surface area contributed by atoms with E-state index in [1.165, 1.54) is 25.7 Å². The summed E-state index contributed by atoms with van der Waals surface area (Å²) < 4.78 is 6.04. The van der Waals surface area contributed by atoms with Crippen LogP contribution in [0.5, 0.6) is 0 Å². The molecular formula is C15H29NO2. The maximum Gasteiger partial charge on any atom is 0.0693 e. The zero-order valence-electron chi connectivity index (χ0n) is 12.0. The van der Waals surface area contributed by atoms with Crippen molar-refractivity contribution in [1.82, 2.24) is 4.90 Å². The number of hydrogen-bond donors (Lipinski definition) is 1. The van der Waals surface area contributed by atoms with Crippen LogP contribution in [0.3, 0.4) is 0 Å². The minimum atomic E-state index is -0.146. The lowest BCUT2D eigenvalue weighted by Crippen LogP contribution is -2.44. The first-order valence-electron chi connectivity index (χ1n) is 7.69. The minimum absolute atomic E-state index is 0.146. The van der Waals surface area contributed by atoms with Crippen molar-refractivity contribution in [3.8, 4) is 0 Å². The molecule has 0 aromatic heterocycles. The molecule has 1 N–H and O–H groups in total. The van der Waals surface area contributed by atoms with E-state index in [-0.39, 0.29) is 6.10 Å². The zero-order valence-corrected chi connectivity index (χ0v) is 12.0. The van der Waals surface area contributed by atoms with E-state index in [9.17, 15) is 5.11 Å². The van der Waals surface area contributed by atoms with Crippen LogP contribution < -0.4 is 0 Å². The number of nitrogens with zero attached hydrogens (tertiary/aromatic N) is 1. The average molecular weight is 255 g/mol. The van der Waals surface area contributed by atoms with Crippen LogP contribution in [-0.2, 0) is 4.74 Å². The van der Waals surface area contributed by atoms with Crippen LogP contribution in [-0.4, -0.2) is 48.5 Å². The maximum atomic E-state index is 9.86. The lowest BCUT2D eigenvalue weighted by Gasteiger charge is -2.35. The van der Waals surface area contributed by atoms with Crippen molar-refractivity contribution >= 4 is 0 Å². The molecule has 1 aliphatic heterocycles. The fraction of sp³-hybridized carbons (Fsp3) is 1.00. The lowest BCUT2D eigenvalue weighted by atomic mass is 9.88. The van der Waals surface area contributed by atoms with E-state index in [4.69, 9.17) is 4.74 Å². The Morgan fingerprint density at radius 1 is 1.11 bits per heavy atom. The van der Waals surface area contributed by atoms with Crippen LogP contribution in [0.15, 0.2) is 0 Å². The van der Waals surface area contributed by atoms with Gasteiger partial charge in [0.25, 0.3) is 0 Å². The number of rotatable bonds is 4. The molecule has 0 aromatic rings. The van der Waals surface area contributed by atoms with Gasteiger partial charge < -0.3 is 9.84 Å². The van der Waals surface area contributed by atoms with Gasteiger partial charge in [0.15, 0.2) is 0 Å². The van der Waals surface area contributed by atoms with Gasteiger partial charge in [-0.25, -0.2) is 0 Å². The molecule has 106 valence electrons. The molecule has 0 aromatic carbocycles. The van der Waals surface area contributed by atoms with Crippen molar-refractivity contribution in [2.75, 3.05) is 26.2 Å². The Balaban J connectivity index is 1.63. The van der Waals surface area contributed by atoms with E-state index in [0.717, 1.165) is 38.6 Å². The van der Waals surface area contributed by atoms with Crippen LogP contribution in [0.25, 0.3) is 0 Å². The zero-order chi connectivity index (χ0) is 13.0. The smallest absolute Gasteiger partial charge is 0.0693 e. The first-order chi connectivity index (χ1) is 8.66. The Morgan fingerprint density at radius 2 is 1.89 bits per heavy atom. The van der Waals surface area contributed by atoms with Gasteiger partial charge in [-0.1, -0.05) is 26.7 Å². The van der Waals surface area contributed by atoms with Crippen LogP contribution in [0.4, 0.5) is 0 Å². The molecule has 1 saturated heterocycles. The molecule has 3 heteroatoms. The number of β-amino-alcohol motifs (C(OH)–C–C–N with tert-alkyl or cyclic N) is 1. The third-order valence-corrected chi connectivity index (χ3v) is 4.78. The van der Waals surface area contributed by atoms with Crippen molar-refractivity contribution in [2.24, 2.45) is 11.8 Å². The number of ether oxygens (including phenoxy) is 1. The Kier molecular flexibility index (Phi) is 5.46. The number of likely N-dealkylation sites (tertiary alicyclic amines) is 1. The first-order valence-corrected chi connectivity index (χ1v) is 7.69. The maximum absolute atomic E-state index is 9.86. The first kappa shape index (κ1) is 14.3. The normalized spacial score (nSPS) is 38.8. The van der Waals surface area contributed by atoms with Crippen molar-refractivity contribution in [3.63, 3.8) is 0 Å². The third kappa shape index (κ3) is 3.94. The molecular weight excluding hydrogens is 226 g/mol. The molecule has 1 aliphatic carbocycles. The highest BCUT2D eigenvalue weighted by atomic mass is 16.5. The van der Waals surface area contributed by atoms with E-state index in [1.807, 2.05) is 0 Å². The molecule has 4 atom stereocenters. The van der Waals surface area contributed by atoms with Gasteiger partial charge in [-0.15, -0.1) is 0 Å². The minimum Gasteiger partial charge on any atom is -0.392 e. The summed E-state index contributed by atoms with van der Waals surface area (Å²) in [6.07, 6.45) is 6.71. The summed E-state index contributed by atoms with van der Waals surface area (Å²) >= 11 is 0. The molecule has 2 rings (SSSR count). The largest absolute Gasteiger partial charge is 0.392 e. The summed E-state index contributed by atoms with van der Waals surface area (Å²) in [6, 6.07) is 0. The van der Waals surface area contributed by atoms with Crippen molar-refractivity contribution in [1.29, 1.82) is 0 Å². The quantitative estimate of drug-likeness (QED) is 0.836. The topological polar surface area (TPSA) is 32.7 Å². The third-order valence-electron chi connectivity index (χ3n) is 4.78. The molecule has 0 bridgehead atoms. The second-order valence-corrected chi connectivity index (χ2v) is 6.30. The molecule has 0 radical (unpaired) electrons. The monoisotopic (exact) mass is 255 g/mol. The van der Waals surface area contributed by atoms with Gasteiger partial charge in [0, 0.05) is 13.1 Å². The van der Waals surface area contributed by atoms with Crippen LogP contribution in [0, 0.1) is 11.8 Å². The Bertz CT molecular complexity index is 247. The van der Waals surface area contributed by atoms with Crippen molar-refractivity contribution in [3.05, 3.63) is 0 Å².